The van der Waals surface area contributed by atoms with Crippen LogP contribution in [0.15, 0.2) is 0 Å². The van der Waals surface area contributed by atoms with Crippen molar-refractivity contribution in [2.24, 2.45) is 11.7 Å². The Labute approximate surface area is 105 Å². The van der Waals surface area contributed by atoms with Gasteiger partial charge in [0.1, 0.15) is 5.54 Å². The lowest BCUT2D eigenvalue weighted by Crippen LogP contribution is -2.56. The molecular formula is C13H28N2O2. The number of carbonyl (C=O) groups is 1. The average Bonchev–Trinajstić information content (AvgIpc) is 2.15. The van der Waals surface area contributed by atoms with E-state index in [9.17, 15) is 4.79 Å². The van der Waals surface area contributed by atoms with Gasteiger partial charge in [-0.15, -0.1) is 0 Å². The van der Waals surface area contributed by atoms with E-state index in [1.165, 1.54) is 0 Å². The van der Waals surface area contributed by atoms with Crippen molar-refractivity contribution in [1.29, 1.82) is 0 Å². The van der Waals surface area contributed by atoms with Crippen LogP contribution in [0.2, 0.25) is 0 Å². The Kier molecular flexibility index (Phi) is 6.72. The maximum atomic E-state index is 11.7. The molecule has 17 heavy (non-hydrogen) atoms. The first kappa shape index (κ1) is 16.4. The summed E-state index contributed by atoms with van der Waals surface area (Å²) in [7, 11) is 0. The molecule has 4 nitrogen and oxygen atoms in total. The minimum atomic E-state index is -0.935. The lowest BCUT2D eigenvalue weighted by Gasteiger charge is -2.34. The number of nitrogens with two attached hydrogens (primary N) is 1. The minimum Gasteiger partial charge on any atom is -0.465 e. The molecule has 0 radical (unpaired) electrons. The Balaban J connectivity index is 4.56. The zero-order chi connectivity index (χ0) is 13.6. The highest BCUT2D eigenvalue weighted by molar-refractivity contribution is 5.80. The second-order valence-corrected chi connectivity index (χ2v) is 5.55. The van der Waals surface area contributed by atoms with Crippen LogP contribution < -0.4 is 5.73 Å². The van der Waals surface area contributed by atoms with Crippen LogP contribution in [0.5, 0.6) is 0 Å². The summed E-state index contributed by atoms with van der Waals surface area (Å²) in [5, 5.41) is 0. The molecule has 0 amide bonds. The van der Waals surface area contributed by atoms with E-state index in [2.05, 4.69) is 32.6 Å². The SMILES string of the molecule is CCOC(=O)C(C)(N)CN(CC(C)C)C(C)C. The third-order valence-electron chi connectivity index (χ3n) is 2.60. The quantitative estimate of drug-likeness (QED) is 0.692. The van der Waals surface area contributed by atoms with Crippen LogP contribution in [0.1, 0.15) is 41.5 Å². The van der Waals surface area contributed by atoms with Gasteiger partial charge in [-0.2, -0.15) is 0 Å². The Morgan fingerprint density at radius 1 is 1.35 bits per heavy atom. The highest BCUT2D eigenvalue weighted by atomic mass is 16.5. The largest absolute Gasteiger partial charge is 0.465 e. The van der Waals surface area contributed by atoms with Crippen molar-refractivity contribution >= 4 is 5.97 Å². The molecule has 1 atom stereocenters. The van der Waals surface area contributed by atoms with Gasteiger partial charge in [-0.3, -0.25) is 9.69 Å². The number of rotatable bonds is 7. The van der Waals surface area contributed by atoms with Crippen LogP contribution in [0.25, 0.3) is 0 Å². The summed E-state index contributed by atoms with van der Waals surface area (Å²) in [6.45, 7) is 13.9. The Morgan fingerprint density at radius 3 is 2.24 bits per heavy atom. The van der Waals surface area contributed by atoms with E-state index in [0.29, 0.717) is 25.1 Å². The second-order valence-electron chi connectivity index (χ2n) is 5.55. The monoisotopic (exact) mass is 244 g/mol. The molecule has 0 aromatic carbocycles. The molecule has 0 rings (SSSR count). The Bertz CT molecular complexity index is 238. The third kappa shape index (κ3) is 6.03. The van der Waals surface area contributed by atoms with Crippen molar-refractivity contribution in [2.75, 3.05) is 19.7 Å². The number of hydrogen-bond acceptors (Lipinski definition) is 4. The topological polar surface area (TPSA) is 55.6 Å². The number of carbonyl (C=O) groups excluding carboxylic acids is 1. The highest BCUT2D eigenvalue weighted by Gasteiger charge is 2.33. The fourth-order valence-electron chi connectivity index (χ4n) is 1.71. The molecule has 4 heteroatoms. The van der Waals surface area contributed by atoms with E-state index in [1.54, 1.807) is 13.8 Å². The predicted octanol–water partition coefficient (Wildman–Crippen LogP) is 1.63. The maximum Gasteiger partial charge on any atom is 0.327 e. The molecule has 0 fully saturated rings. The van der Waals surface area contributed by atoms with Crippen LogP contribution in [0, 0.1) is 5.92 Å². The molecule has 0 heterocycles. The second kappa shape index (κ2) is 6.97. The first-order valence-corrected chi connectivity index (χ1v) is 6.40. The lowest BCUT2D eigenvalue weighted by atomic mass is 10.0. The summed E-state index contributed by atoms with van der Waals surface area (Å²) in [6.07, 6.45) is 0. The van der Waals surface area contributed by atoms with Crippen molar-refractivity contribution in [3.63, 3.8) is 0 Å². The molecule has 0 saturated heterocycles. The van der Waals surface area contributed by atoms with Gasteiger partial charge in [0, 0.05) is 19.1 Å². The minimum absolute atomic E-state index is 0.325. The van der Waals surface area contributed by atoms with Gasteiger partial charge in [-0.25, -0.2) is 0 Å². The van der Waals surface area contributed by atoms with E-state index in [-0.39, 0.29) is 5.97 Å². The normalized spacial score (nSPS) is 15.4. The fraction of sp³-hybridized carbons (Fsp3) is 0.923. The molecule has 1 unspecified atom stereocenters. The van der Waals surface area contributed by atoms with E-state index >= 15 is 0 Å². The van der Waals surface area contributed by atoms with Gasteiger partial charge in [0.25, 0.3) is 0 Å². The highest BCUT2D eigenvalue weighted by Crippen LogP contribution is 2.11. The number of hydrogen-bond donors (Lipinski definition) is 1. The average molecular weight is 244 g/mol. The van der Waals surface area contributed by atoms with E-state index < -0.39 is 5.54 Å². The molecule has 102 valence electrons. The summed E-state index contributed by atoms with van der Waals surface area (Å²) in [5.41, 5.74) is 5.11. The standard InChI is InChI=1S/C13H28N2O2/c1-7-17-12(16)13(6,14)9-15(11(4)5)8-10(2)3/h10-11H,7-9,14H2,1-6H3. The summed E-state index contributed by atoms with van der Waals surface area (Å²) in [5.74, 6) is 0.227. The van der Waals surface area contributed by atoms with Crippen LogP contribution >= 0.6 is 0 Å². The molecular weight excluding hydrogens is 216 g/mol. The molecule has 0 saturated carbocycles. The van der Waals surface area contributed by atoms with Gasteiger partial charge < -0.3 is 10.5 Å². The Morgan fingerprint density at radius 2 is 1.88 bits per heavy atom. The van der Waals surface area contributed by atoms with Gasteiger partial charge in [0.15, 0.2) is 0 Å². The lowest BCUT2D eigenvalue weighted by molar-refractivity contribution is -0.150. The molecule has 0 aliphatic rings. The van der Waals surface area contributed by atoms with Crippen molar-refractivity contribution in [3.8, 4) is 0 Å². The number of ether oxygens (including phenoxy) is 1. The van der Waals surface area contributed by atoms with Crippen molar-refractivity contribution in [1.82, 2.24) is 4.90 Å². The van der Waals surface area contributed by atoms with Gasteiger partial charge in [0.05, 0.1) is 6.61 Å². The first-order valence-electron chi connectivity index (χ1n) is 6.40. The smallest absolute Gasteiger partial charge is 0.327 e. The number of nitrogens with zero attached hydrogens (tertiary/aromatic N) is 1. The van der Waals surface area contributed by atoms with Crippen molar-refractivity contribution in [2.45, 2.75) is 53.1 Å². The van der Waals surface area contributed by atoms with E-state index in [1.807, 2.05) is 0 Å². The molecule has 0 aromatic rings. The molecule has 2 N–H and O–H groups in total. The van der Waals surface area contributed by atoms with E-state index in [0.717, 1.165) is 6.54 Å². The van der Waals surface area contributed by atoms with Crippen LogP contribution in [0.4, 0.5) is 0 Å². The number of esters is 1. The molecule has 0 aliphatic heterocycles. The van der Waals surface area contributed by atoms with Gasteiger partial charge >= 0.3 is 5.97 Å². The molecule has 0 spiro atoms. The van der Waals surface area contributed by atoms with Gasteiger partial charge in [-0.1, -0.05) is 13.8 Å². The first-order chi connectivity index (χ1) is 7.70. The summed E-state index contributed by atoms with van der Waals surface area (Å²) in [4.78, 5) is 14.0. The molecule has 0 aliphatic carbocycles. The molecule has 0 aromatic heterocycles. The zero-order valence-electron chi connectivity index (χ0n) is 12.1. The molecule has 0 bridgehead atoms. The summed E-state index contributed by atoms with van der Waals surface area (Å²) in [6, 6.07) is 0.370. The van der Waals surface area contributed by atoms with Crippen LogP contribution in [-0.2, 0) is 9.53 Å². The van der Waals surface area contributed by atoms with Crippen LogP contribution in [-0.4, -0.2) is 42.1 Å². The summed E-state index contributed by atoms with van der Waals surface area (Å²) < 4.78 is 5.00. The van der Waals surface area contributed by atoms with Crippen LogP contribution in [0.3, 0.4) is 0 Å². The van der Waals surface area contributed by atoms with Crippen molar-refractivity contribution < 1.29 is 9.53 Å². The van der Waals surface area contributed by atoms with Gasteiger partial charge in [0.2, 0.25) is 0 Å². The summed E-state index contributed by atoms with van der Waals surface area (Å²) >= 11 is 0. The van der Waals surface area contributed by atoms with Crippen molar-refractivity contribution in [3.05, 3.63) is 0 Å². The Hall–Kier alpha value is -0.610. The third-order valence-corrected chi connectivity index (χ3v) is 2.60. The fourth-order valence-corrected chi connectivity index (χ4v) is 1.71. The van der Waals surface area contributed by atoms with Gasteiger partial charge in [-0.05, 0) is 33.6 Å². The van der Waals surface area contributed by atoms with E-state index in [4.69, 9.17) is 10.5 Å². The maximum absolute atomic E-state index is 11.7. The zero-order valence-corrected chi connectivity index (χ0v) is 12.1. The predicted molar refractivity (Wildman–Crippen MR) is 70.8 cm³/mol.